The number of carbonyl (C=O) groups excluding carboxylic acids is 1. The van der Waals surface area contributed by atoms with Crippen molar-refractivity contribution in [1.82, 2.24) is 19.4 Å². The third kappa shape index (κ3) is 2.67. The summed E-state index contributed by atoms with van der Waals surface area (Å²) in [5.74, 6) is 1.76. The van der Waals surface area contributed by atoms with Gasteiger partial charge in [-0.2, -0.15) is 5.26 Å². The van der Waals surface area contributed by atoms with Crippen molar-refractivity contribution in [3.05, 3.63) is 71.9 Å². The summed E-state index contributed by atoms with van der Waals surface area (Å²) in [5.41, 5.74) is 3.33. The Morgan fingerprint density at radius 1 is 1.18 bits per heavy atom. The van der Waals surface area contributed by atoms with E-state index in [-0.39, 0.29) is 11.8 Å². The minimum atomic E-state index is -0.000960. The molecule has 6 nitrogen and oxygen atoms in total. The molecule has 1 amide bonds. The summed E-state index contributed by atoms with van der Waals surface area (Å²) in [4.78, 5) is 23.7. The van der Waals surface area contributed by atoms with Gasteiger partial charge < -0.3 is 9.47 Å². The van der Waals surface area contributed by atoms with Crippen molar-refractivity contribution in [3.63, 3.8) is 0 Å². The number of amides is 1. The van der Waals surface area contributed by atoms with E-state index in [1.807, 2.05) is 23.2 Å². The van der Waals surface area contributed by atoms with Crippen LogP contribution in [-0.2, 0) is 6.54 Å². The maximum atomic E-state index is 13.0. The molecule has 3 aromatic rings. The summed E-state index contributed by atoms with van der Waals surface area (Å²) < 4.78 is 2.29. The monoisotopic (exact) mass is 369 g/mol. The largest absolute Gasteiger partial charge is 0.338 e. The summed E-state index contributed by atoms with van der Waals surface area (Å²) in [6.07, 6.45) is 6.57. The molecular formula is C22H19N5O. The molecule has 0 bridgehead atoms. The first-order chi connectivity index (χ1) is 13.7. The van der Waals surface area contributed by atoms with Crippen LogP contribution in [-0.4, -0.2) is 38.4 Å². The van der Waals surface area contributed by atoms with E-state index >= 15 is 0 Å². The Hall–Kier alpha value is -3.46. The number of hydrogen-bond donors (Lipinski definition) is 0. The lowest BCUT2D eigenvalue weighted by atomic mass is 9.89. The van der Waals surface area contributed by atoms with Crippen LogP contribution in [0, 0.1) is 17.2 Å². The number of imidazole rings is 1. The van der Waals surface area contributed by atoms with E-state index in [1.54, 1.807) is 36.7 Å². The molecular weight excluding hydrogens is 350 g/mol. The van der Waals surface area contributed by atoms with Crippen molar-refractivity contribution in [2.24, 2.45) is 5.92 Å². The second-order valence-electron chi connectivity index (χ2n) is 7.45. The number of benzene rings is 1. The fourth-order valence-electron chi connectivity index (χ4n) is 4.50. The average molecular weight is 369 g/mol. The van der Waals surface area contributed by atoms with Gasteiger partial charge in [-0.25, -0.2) is 4.98 Å². The quantitative estimate of drug-likeness (QED) is 0.696. The van der Waals surface area contributed by atoms with E-state index in [0.717, 1.165) is 36.6 Å². The average Bonchev–Trinajstić information content (AvgIpc) is 3.37. The minimum absolute atomic E-state index is 0.000960. The highest BCUT2D eigenvalue weighted by Crippen LogP contribution is 2.40. The molecule has 1 aromatic carbocycles. The molecule has 2 aliphatic heterocycles. The molecule has 2 atom stereocenters. The number of carbonyl (C=O) groups is 1. The molecule has 0 aliphatic carbocycles. The van der Waals surface area contributed by atoms with Crippen LogP contribution in [0.3, 0.4) is 0 Å². The van der Waals surface area contributed by atoms with Gasteiger partial charge >= 0.3 is 0 Å². The van der Waals surface area contributed by atoms with Crippen molar-refractivity contribution in [2.45, 2.75) is 18.9 Å². The molecule has 2 aliphatic rings. The van der Waals surface area contributed by atoms with Gasteiger partial charge in [0.25, 0.3) is 5.91 Å². The van der Waals surface area contributed by atoms with Crippen LogP contribution in [0.15, 0.2) is 55.0 Å². The maximum Gasteiger partial charge on any atom is 0.253 e. The molecule has 28 heavy (non-hydrogen) atoms. The SMILES string of the molecule is N#Cc1cccc(C(=O)N2C[C@H]3CCn4c(-c5ccncc5)cnc4[C@H]3C2)c1. The molecule has 0 spiro atoms. The van der Waals surface area contributed by atoms with E-state index in [9.17, 15) is 4.79 Å². The number of pyridine rings is 1. The van der Waals surface area contributed by atoms with Crippen molar-refractivity contribution >= 4 is 5.91 Å². The van der Waals surface area contributed by atoms with Crippen LogP contribution < -0.4 is 0 Å². The highest BCUT2D eigenvalue weighted by atomic mass is 16.2. The number of nitrogens with zero attached hydrogens (tertiary/aromatic N) is 5. The van der Waals surface area contributed by atoms with E-state index in [0.29, 0.717) is 23.6 Å². The third-order valence-electron chi connectivity index (χ3n) is 5.88. The van der Waals surface area contributed by atoms with Crippen LogP contribution in [0.1, 0.15) is 34.1 Å². The Bertz CT molecular complexity index is 1080. The highest BCUT2D eigenvalue weighted by molar-refractivity contribution is 5.94. The number of nitriles is 1. The molecule has 138 valence electrons. The Balaban J connectivity index is 1.42. The normalized spacial score (nSPS) is 20.3. The lowest BCUT2D eigenvalue weighted by Crippen LogP contribution is -2.28. The zero-order valence-corrected chi connectivity index (χ0v) is 15.3. The van der Waals surface area contributed by atoms with E-state index in [1.165, 1.54) is 0 Å². The smallest absolute Gasteiger partial charge is 0.253 e. The van der Waals surface area contributed by atoms with Gasteiger partial charge in [0.15, 0.2) is 0 Å². The van der Waals surface area contributed by atoms with E-state index in [4.69, 9.17) is 10.2 Å². The van der Waals surface area contributed by atoms with Crippen molar-refractivity contribution in [1.29, 1.82) is 5.26 Å². The van der Waals surface area contributed by atoms with E-state index in [2.05, 4.69) is 15.6 Å². The lowest BCUT2D eigenvalue weighted by molar-refractivity contribution is 0.0785. The molecule has 0 radical (unpaired) electrons. The minimum Gasteiger partial charge on any atom is -0.338 e. The molecule has 1 saturated heterocycles. The number of aromatic nitrogens is 3. The van der Waals surface area contributed by atoms with Gasteiger partial charge in [-0.15, -0.1) is 0 Å². The first-order valence-corrected chi connectivity index (χ1v) is 9.50. The highest BCUT2D eigenvalue weighted by Gasteiger charge is 2.41. The summed E-state index contributed by atoms with van der Waals surface area (Å²) in [5, 5.41) is 9.09. The van der Waals surface area contributed by atoms with Gasteiger partial charge in [0.1, 0.15) is 5.82 Å². The Morgan fingerprint density at radius 3 is 2.86 bits per heavy atom. The summed E-state index contributed by atoms with van der Waals surface area (Å²) >= 11 is 0. The van der Waals surface area contributed by atoms with Gasteiger partial charge in [0, 0.05) is 49.1 Å². The first kappa shape index (κ1) is 16.7. The predicted molar refractivity (Wildman–Crippen MR) is 103 cm³/mol. The predicted octanol–water partition coefficient (Wildman–Crippen LogP) is 3.08. The Morgan fingerprint density at radius 2 is 2.04 bits per heavy atom. The first-order valence-electron chi connectivity index (χ1n) is 9.50. The van der Waals surface area contributed by atoms with Gasteiger partial charge in [-0.3, -0.25) is 9.78 Å². The zero-order valence-electron chi connectivity index (χ0n) is 15.3. The molecule has 5 rings (SSSR count). The van der Waals surface area contributed by atoms with Crippen molar-refractivity contribution in [2.75, 3.05) is 13.1 Å². The topological polar surface area (TPSA) is 74.8 Å². The van der Waals surface area contributed by atoms with Gasteiger partial charge in [-0.1, -0.05) is 6.07 Å². The molecule has 0 saturated carbocycles. The lowest BCUT2D eigenvalue weighted by Gasteiger charge is -2.26. The van der Waals surface area contributed by atoms with Gasteiger partial charge in [0.2, 0.25) is 0 Å². The molecule has 6 heteroatoms. The van der Waals surface area contributed by atoms with Gasteiger partial charge in [0.05, 0.1) is 23.5 Å². The van der Waals surface area contributed by atoms with Crippen LogP contribution in [0.5, 0.6) is 0 Å². The Kier molecular flexibility index (Phi) is 3.94. The fraction of sp³-hybridized carbons (Fsp3) is 0.273. The number of hydrogen-bond acceptors (Lipinski definition) is 4. The van der Waals surface area contributed by atoms with Crippen molar-refractivity contribution < 1.29 is 4.79 Å². The zero-order chi connectivity index (χ0) is 19.1. The van der Waals surface area contributed by atoms with Gasteiger partial charge in [-0.05, 0) is 42.7 Å². The summed E-state index contributed by atoms with van der Waals surface area (Å²) in [7, 11) is 0. The molecule has 2 aromatic heterocycles. The Labute approximate surface area is 163 Å². The maximum absolute atomic E-state index is 13.0. The molecule has 0 N–H and O–H groups in total. The molecule has 0 unspecified atom stereocenters. The van der Waals surface area contributed by atoms with Crippen LogP contribution in [0.2, 0.25) is 0 Å². The summed E-state index contributed by atoms with van der Waals surface area (Å²) in [6.45, 7) is 2.34. The van der Waals surface area contributed by atoms with Crippen LogP contribution in [0.25, 0.3) is 11.3 Å². The van der Waals surface area contributed by atoms with Crippen molar-refractivity contribution in [3.8, 4) is 17.3 Å². The number of likely N-dealkylation sites (tertiary alicyclic amines) is 1. The van der Waals surface area contributed by atoms with Crippen LogP contribution in [0.4, 0.5) is 0 Å². The van der Waals surface area contributed by atoms with E-state index < -0.39 is 0 Å². The third-order valence-corrected chi connectivity index (χ3v) is 5.88. The second kappa shape index (κ2) is 6.61. The molecule has 1 fully saturated rings. The number of fused-ring (bicyclic) bond motifs is 3. The standard InChI is InChI=1S/C22H19N5O/c23-11-15-2-1-3-17(10-15)22(28)26-13-18-6-9-27-20(16-4-7-24-8-5-16)12-25-21(27)19(18)14-26/h1-5,7-8,10,12,18-19H,6,9,13-14H2/t18-,19+/m1/s1. The molecule has 4 heterocycles. The fourth-order valence-corrected chi connectivity index (χ4v) is 4.50. The summed E-state index contributed by atoms with van der Waals surface area (Å²) in [6, 6.07) is 13.1. The number of rotatable bonds is 2. The van der Waals surface area contributed by atoms with Crippen LogP contribution >= 0.6 is 0 Å². The second-order valence-corrected chi connectivity index (χ2v) is 7.45.